The summed E-state index contributed by atoms with van der Waals surface area (Å²) < 4.78 is 0. The van der Waals surface area contributed by atoms with Gasteiger partial charge in [-0.15, -0.1) is 0 Å². The molecule has 1 rings (SSSR count). The Morgan fingerprint density at radius 2 is 2.06 bits per heavy atom. The highest BCUT2D eigenvalue weighted by molar-refractivity contribution is 5.98. The largest absolute Gasteiger partial charge is 0.409 e. The normalized spacial score (nSPS) is 11.2. The van der Waals surface area contributed by atoms with E-state index in [1.165, 1.54) is 5.56 Å². The van der Waals surface area contributed by atoms with Gasteiger partial charge in [0.25, 0.3) is 0 Å². The van der Waals surface area contributed by atoms with Gasteiger partial charge < -0.3 is 16.3 Å². The summed E-state index contributed by atoms with van der Waals surface area (Å²) in [5.74, 6) is -0.364. The molecular weight excluding hydrogens is 206 g/mol. The fraction of sp³-hybridized carbons (Fsp3) is 0.273. The molecule has 1 aromatic carbocycles. The van der Waals surface area contributed by atoms with Gasteiger partial charge in [-0.2, -0.15) is 0 Å². The molecule has 0 radical (unpaired) electrons. The highest BCUT2D eigenvalue weighted by Crippen LogP contribution is 2.02. The number of nitrogens with zero attached hydrogens (tertiary/aromatic N) is 1. The Morgan fingerprint density at radius 1 is 1.44 bits per heavy atom. The quantitative estimate of drug-likeness (QED) is 0.303. The summed E-state index contributed by atoms with van der Waals surface area (Å²) >= 11 is 0. The number of oxime groups is 1. The Balaban J connectivity index is 2.40. The van der Waals surface area contributed by atoms with Crippen LogP contribution in [0.1, 0.15) is 17.5 Å². The molecule has 0 fully saturated rings. The molecule has 0 aliphatic carbocycles. The number of aryl methyl sites for hydroxylation is 1. The second-order valence-corrected chi connectivity index (χ2v) is 3.53. The third kappa shape index (κ3) is 4.00. The van der Waals surface area contributed by atoms with Crippen molar-refractivity contribution >= 4 is 11.7 Å². The van der Waals surface area contributed by atoms with E-state index in [1.807, 2.05) is 31.2 Å². The minimum atomic E-state index is -0.268. The van der Waals surface area contributed by atoms with E-state index >= 15 is 0 Å². The van der Waals surface area contributed by atoms with Crippen molar-refractivity contribution < 1.29 is 10.0 Å². The van der Waals surface area contributed by atoms with Gasteiger partial charge in [0, 0.05) is 6.54 Å². The number of amides is 1. The second kappa shape index (κ2) is 5.75. The van der Waals surface area contributed by atoms with Crippen molar-refractivity contribution in [3.8, 4) is 0 Å². The Kier molecular flexibility index (Phi) is 4.32. The van der Waals surface area contributed by atoms with Crippen molar-refractivity contribution in [2.24, 2.45) is 10.9 Å². The number of benzene rings is 1. The van der Waals surface area contributed by atoms with Crippen LogP contribution in [0.2, 0.25) is 0 Å². The summed E-state index contributed by atoms with van der Waals surface area (Å²) in [7, 11) is 0. The summed E-state index contributed by atoms with van der Waals surface area (Å²) in [6.07, 6.45) is -0.0949. The summed E-state index contributed by atoms with van der Waals surface area (Å²) in [6.45, 7) is 2.44. The molecular formula is C11H15N3O2. The fourth-order valence-corrected chi connectivity index (χ4v) is 1.17. The van der Waals surface area contributed by atoms with Gasteiger partial charge in [-0.3, -0.25) is 4.79 Å². The molecule has 1 amide bonds. The van der Waals surface area contributed by atoms with Crippen molar-refractivity contribution in [1.29, 1.82) is 0 Å². The van der Waals surface area contributed by atoms with Crippen LogP contribution in [0.5, 0.6) is 0 Å². The number of carbonyl (C=O) groups is 1. The molecule has 0 atom stereocenters. The van der Waals surface area contributed by atoms with Crippen LogP contribution in [-0.4, -0.2) is 17.0 Å². The number of rotatable bonds is 4. The standard InChI is InChI=1S/C11H15N3O2/c1-8-2-4-9(5-3-8)7-13-11(15)6-10(12)14-16/h2-5,16H,6-7H2,1H3,(H2,12,14)(H,13,15). The van der Waals surface area contributed by atoms with Gasteiger partial charge in [0.05, 0.1) is 6.42 Å². The van der Waals surface area contributed by atoms with Gasteiger partial charge >= 0.3 is 0 Å². The predicted octanol–water partition coefficient (Wildman–Crippen LogP) is 0.748. The van der Waals surface area contributed by atoms with Gasteiger partial charge in [-0.05, 0) is 12.5 Å². The van der Waals surface area contributed by atoms with Crippen LogP contribution < -0.4 is 11.1 Å². The number of nitrogens with two attached hydrogens (primary N) is 1. The SMILES string of the molecule is Cc1ccc(CNC(=O)C/C(N)=N/O)cc1. The number of carbonyl (C=O) groups excluding carboxylic acids is 1. The summed E-state index contributed by atoms with van der Waals surface area (Å²) in [4.78, 5) is 11.3. The van der Waals surface area contributed by atoms with Crippen molar-refractivity contribution in [3.05, 3.63) is 35.4 Å². The van der Waals surface area contributed by atoms with Gasteiger partial charge in [0.2, 0.25) is 5.91 Å². The van der Waals surface area contributed by atoms with Crippen LogP contribution in [0.15, 0.2) is 29.4 Å². The molecule has 0 aliphatic rings. The molecule has 16 heavy (non-hydrogen) atoms. The van der Waals surface area contributed by atoms with Crippen molar-refractivity contribution in [2.45, 2.75) is 19.9 Å². The smallest absolute Gasteiger partial charge is 0.227 e. The second-order valence-electron chi connectivity index (χ2n) is 3.53. The van der Waals surface area contributed by atoms with Crippen LogP contribution in [-0.2, 0) is 11.3 Å². The molecule has 5 nitrogen and oxygen atoms in total. The monoisotopic (exact) mass is 221 g/mol. The molecule has 0 saturated heterocycles. The highest BCUT2D eigenvalue weighted by atomic mass is 16.4. The maximum Gasteiger partial charge on any atom is 0.227 e. The zero-order valence-corrected chi connectivity index (χ0v) is 9.10. The lowest BCUT2D eigenvalue weighted by atomic mass is 10.1. The fourth-order valence-electron chi connectivity index (χ4n) is 1.17. The molecule has 0 saturated carbocycles. The molecule has 4 N–H and O–H groups in total. The minimum Gasteiger partial charge on any atom is -0.409 e. The van der Waals surface area contributed by atoms with Crippen LogP contribution in [0, 0.1) is 6.92 Å². The lowest BCUT2D eigenvalue weighted by Gasteiger charge is -2.04. The molecule has 0 bridgehead atoms. The van der Waals surface area contributed by atoms with E-state index in [9.17, 15) is 4.79 Å². The average Bonchev–Trinajstić information content (AvgIpc) is 2.28. The third-order valence-corrected chi connectivity index (χ3v) is 2.08. The van der Waals surface area contributed by atoms with Crippen LogP contribution in [0.4, 0.5) is 0 Å². The highest BCUT2D eigenvalue weighted by Gasteiger charge is 2.04. The molecule has 86 valence electrons. The van der Waals surface area contributed by atoms with E-state index in [0.717, 1.165) is 5.56 Å². The summed E-state index contributed by atoms with van der Waals surface area (Å²) in [6, 6.07) is 7.84. The number of nitrogens with one attached hydrogen (secondary N) is 1. The first-order valence-corrected chi connectivity index (χ1v) is 4.90. The van der Waals surface area contributed by atoms with Gasteiger partial charge in [0.1, 0.15) is 5.84 Å². The summed E-state index contributed by atoms with van der Waals surface area (Å²) in [5.41, 5.74) is 7.39. The Labute approximate surface area is 94.0 Å². The molecule has 1 aromatic rings. The van der Waals surface area contributed by atoms with Gasteiger partial charge in [0.15, 0.2) is 0 Å². The molecule has 0 aliphatic heterocycles. The van der Waals surface area contributed by atoms with E-state index in [4.69, 9.17) is 10.9 Å². The van der Waals surface area contributed by atoms with E-state index in [-0.39, 0.29) is 18.2 Å². The Bertz CT molecular complexity index is 385. The lowest BCUT2D eigenvalue weighted by Crippen LogP contribution is -2.28. The van der Waals surface area contributed by atoms with Gasteiger partial charge in [-0.25, -0.2) is 0 Å². The van der Waals surface area contributed by atoms with E-state index in [0.29, 0.717) is 6.54 Å². The van der Waals surface area contributed by atoms with Gasteiger partial charge in [-0.1, -0.05) is 35.0 Å². The lowest BCUT2D eigenvalue weighted by molar-refractivity contribution is -0.120. The first kappa shape index (κ1) is 12.0. The van der Waals surface area contributed by atoms with E-state index in [2.05, 4.69) is 10.5 Å². The minimum absolute atomic E-state index is 0.0949. The van der Waals surface area contributed by atoms with E-state index < -0.39 is 0 Å². The van der Waals surface area contributed by atoms with Crippen LogP contribution >= 0.6 is 0 Å². The first-order chi connectivity index (χ1) is 7.61. The molecule has 0 heterocycles. The third-order valence-electron chi connectivity index (χ3n) is 2.08. The first-order valence-electron chi connectivity index (χ1n) is 4.90. The van der Waals surface area contributed by atoms with Crippen molar-refractivity contribution in [1.82, 2.24) is 5.32 Å². The maximum absolute atomic E-state index is 11.3. The average molecular weight is 221 g/mol. The van der Waals surface area contributed by atoms with Crippen LogP contribution in [0.3, 0.4) is 0 Å². The number of hydrogen-bond acceptors (Lipinski definition) is 3. The topological polar surface area (TPSA) is 87.7 Å². The zero-order chi connectivity index (χ0) is 12.0. The number of hydrogen-bond donors (Lipinski definition) is 3. The maximum atomic E-state index is 11.3. The molecule has 5 heteroatoms. The van der Waals surface area contributed by atoms with Crippen LogP contribution in [0.25, 0.3) is 0 Å². The molecule has 0 spiro atoms. The summed E-state index contributed by atoms with van der Waals surface area (Å²) in [5, 5.41) is 13.7. The Morgan fingerprint density at radius 3 is 2.62 bits per heavy atom. The van der Waals surface area contributed by atoms with E-state index in [1.54, 1.807) is 0 Å². The van der Waals surface area contributed by atoms with Crippen molar-refractivity contribution in [2.75, 3.05) is 0 Å². The molecule has 0 unspecified atom stereocenters. The Hall–Kier alpha value is -2.04. The molecule has 0 aromatic heterocycles. The number of amidine groups is 1. The van der Waals surface area contributed by atoms with Crippen molar-refractivity contribution in [3.63, 3.8) is 0 Å². The predicted molar refractivity (Wildman–Crippen MR) is 61.1 cm³/mol. The zero-order valence-electron chi connectivity index (χ0n) is 9.10.